The van der Waals surface area contributed by atoms with Crippen molar-refractivity contribution in [2.24, 2.45) is 0 Å². The van der Waals surface area contributed by atoms with Crippen molar-refractivity contribution in [2.75, 3.05) is 5.32 Å². The van der Waals surface area contributed by atoms with E-state index < -0.39 is 11.9 Å². The zero-order chi connectivity index (χ0) is 17.0. The van der Waals surface area contributed by atoms with Gasteiger partial charge in [0.2, 0.25) is 5.91 Å². The van der Waals surface area contributed by atoms with Crippen LogP contribution >= 0.6 is 0 Å². The van der Waals surface area contributed by atoms with Crippen molar-refractivity contribution in [3.8, 4) is 17.2 Å². The SMILES string of the molecule is O=C(C=Cc1ccc(O)c(O)c1)Nc1ccc(O)cc1C(=O)O. The molecule has 0 aliphatic heterocycles. The molecule has 5 N–H and O–H groups in total. The Labute approximate surface area is 130 Å². The molecule has 0 aliphatic rings. The molecule has 0 heterocycles. The summed E-state index contributed by atoms with van der Waals surface area (Å²) in [6.07, 6.45) is 2.53. The fourth-order valence-electron chi connectivity index (χ4n) is 1.81. The number of anilines is 1. The van der Waals surface area contributed by atoms with Gasteiger partial charge < -0.3 is 25.7 Å². The number of carbonyl (C=O) groups excluding carboxylic acids is 1. The van der Waals surface area contributed by atoms with Gasteiger partial charge in [-0.25, -0.2) is 4.79 Å². The Morgan fingerprint density at radius 1 is 0.957 bits per heavy atom. The van der Waals surface area contributed by atoms with Crippen LogP contribution in [-0.4, -0.2) is 32.3 Å². The third-order valence-corrected chi connectivity index (χ3v) is 2.92. The van der Waals surface area contributed by atoms with Crippen LogP contribution in [0.5, 0.6) is 17.2 Å². The minimum Gasteiger partial charge on any atom is -0.508 e. The normalized spacial score (nSPS) is 10.6. The summed E-state index contributed by atoms with van der Waals surface area (Å²) in [6, 6.07) is 7.58. The molecule has 2 aromatic carbocycles. The number of amides is 1. The van der Waals surface area contributed by atoms with E-state index in [4.69, 9.17) is 5.11 Å². The lowest BCUT2D eigenvalue weighted by atomic mass is 10.1. The Hall–Kier alpha value is -3.48. The summed E-state index contributed by atoms with van der Waals surface area (Å²) < 4.78 is 0. The van der Waals surface area contributed by atoms with Crippen LogP contribution in [0.1, 0.15) is 15.9 Å². The minimum atomic E-state index is -1.29. The molecule has 0 aliphatic carbocycles. The Kier molecular flexibility index (Phi) is 4.51. The second-order valence-corrected chi connectivity index (χ2v) is 4.61. The van der Waals surface area contributed by atoms with Crippen molar-refractivity contribution in [2.45, 2.75) is 0 Å². The Bertz CT molecular complexity index is 797. The number of rotatable bonds is 4. The molecule has 2 rings (SSSR count). The molecular formula is C16H13NO6. The van der Waals surface area contributed by atoms with E-state index in [1.165, 1.54) is 36.4 Å². The van der Waals surface area contributed by atoms with Crippen molar-refractivity contribution in [1.82, 2.24) is 0 Å². The third-order valence-electron chi connectivity index (χ3n) is 2.92. The van der Waals surface area contributed by atoms with Gasteiger partial charge in [0, 0.05) is 6.08 Å². The summed E-state index contributed by atoms with van der Waals surface area (Å²) in [6.45, 7) is 0. The van der Waals surface area contributed by atoms with Gasteiger partial charge in [-0.3, -0.25) is 4.79 Å². The van der Waals surface area contributed by atoms with Crippen LogP contribution in [-0.2, 0) is 4.79 Å². The molecule has 0 atom stereocenters. The number of hydrogen-bond donors (Lipinski definition) is 5. The van der Waals surface area contributed by atoms with Crippen LogP contribution in [0.15, 0.2) is 42.5 Å². The number of carbonyl (C=O) groups is 2. The molecule has 0 radical (unpaired) electrons. The largest absolute Gasteiger partial charge is 0.508 e. The lowest BCUT2D eigenvalue weighted by molar-refractivity contribution is -0.111. The van der Waals surface area contributed by atoms with Gasteiger partial charge in [0.25, 0.3) is 0 Å². The van der Waals surface area contributed by atoms with Gasteiger partial charge in [0.15, 0.2) is 11.5 Å². The maximum absolute atomic E-state index is 11.8. The highest BCUT2D eigenvalue weighted by Crippen LogP contribution is 2.25. The Morgan fingerprint density at radius 2 is 1.70 bits per heavy atom. The first-order valence-electron chi connectivity index (χ1n) is 6.44. The average molecular weight is 315 g/mol. The van der Waals surface area contributed by atoms with Crippen LogP contribution < -0.4 is 5.32 Å². The van der Waals surface area contributed by atoms with E-state index in [9.17, 15) is 24.9 Å². The lowest BCUT2D eigenvalue weighted by Gasteiger charge is -2.07. The van der Waals surface area contributed by atoms with E-state index >= 15 is 0 Å². The minimum absolute atomic E-state index is 0.0403. The number of phenols is 3. The van der Waals surface area contributed by atoms with E-state index in [0.717, 1.165) is 12.1 Å². The van der Waals surface area contributed by atoms with Gasteiger partial charge in [0.1, 0.15) is 5.75 Å². The molecule has 118 valence electrons. The van der Waals surface area contributed by atoms with E-state index in [2.05, 4.69) is 5.32 Å². The highest BCUT2D eigenvalue weighted by molar-refractivity contribution is 6.06. The first-order valence-corrected chi connectivity index (χ1v) is 6.44. The fraction of sp³-hybridized carbons (Fsp3) is 0. The van der Waals surface area contributed by atoms with Crippen LogP contribution in [0.4, 0.5) is 5.69 Å². The monoisotopic (exact) mass is 315 g/mol. The number of aromatic hydroxyl groups is 3. The molecule has 2 aromatic rings. The van der Waals surface area contributed by atoms with Gasteiger partial charge in [0.05, 0.1) is 11.3 Å². The van der Waals surface area contributed by atoms with E-state index in [-0.39, 0.29) is 28.5 Å². The van der Waals surface area contributed by atoms with Crippen molar-refractivity contribution in [1.29, 1.82) is 0 Å². The second-order valence-electron chi connectivity index (χ2n) is 4.61. The number of phenolic OH excluding ortho intramolecular Hbond substituents is 3. The van der Waals surface area contributed by atoms with Crippen LogP contribution in [0, 0.1) is 0 Å². The average Bonchev–Trinajstić information content (AvgIpc) is 2.50. The van der Waals surface area contributed by atoms with Gasteiger partial charge in [-0.2, -0.15) is 0 Å². The summed E-state index contributed by atoms with van der Waals surface area (Å²) in [5.41, 5.74) is 0.271. The van der Waals surface area contributed by atoms with Gasteiger partial charge in [-0.1, -0.05) is 6.07 Å². The smallest absolute Gasteiger partial charge is 0.337 e. The zero-order valence-corrected chi connectivity index (χ0v) is 11.7. The molecule has 23 heavy (non-hydrogen) atoms. The van der Waals surface area contributed by atoms with Crippen molar-refractivity contribution >= 4 is 23.6 Å². The molecule has 1 amide bonds. The highest BCUT2D eigenvalue weighted by atomic mass is 16.4. The van der Waals surface area contributed by atoms with Gasteiger partial charge in [-0.15, -0.1) is 0 Å². The van der Waals surface area contributed by atoms with E-state index in [1.807, 2.05) is 0 Å². The standard InChI is InChI=1S/C16H13NO6/c18-10-3-4-12(11(8-10)16(22)23)17-15(21)6-2-9-1-5-13(19)14(20)7-9/h1-8,18-20H,(H,17,21)(H,22,23). The topological polar surface area (TPSA) is 127 Å². The first kappa shape index (κ1) is 15.9. The molecule has 0 bridgehead atoms. The summed E-state index contributed by atoms with van der Waals surface area (Å²) in [4.78, 5) is 22.9. The molecule has 7 nitrogen and oxygen atoms in total. The molecule has 0 saturated carbocycles. The van der Waals surface area contributed by atoms with Gasteiger partial charge >= 0.3 is 5.97 Å². The van der Waals surface area contributed by atoms with Crippen LogP contribution in [0.3, 0.4) is 0 Å². The second kappa shape index (κ2) is 6.52. The molecule has 0 unspecified atom stereocenters. The molecule has 0 saturated heterocycles. The molecule has 0 fully saturated rings. The number of benzene rings is 2. The Balaban J connectivity index is 2.15. The molecule has 0 spiro atoms. The predicted molar refractivity (Wildman–Crippen MR) is 82.5 cm³/mol. The number of carboxylic acids is 1. The summed E-state index contributed by atoms with van der Waals surface area (Å²) in [5.74, 6) is -2.70. The number of carboxylic acid groups (broad SMARTS) is 1. The van der Waals surface area contributed by atoms with Crippen LogP contribution in [0.2, 0.25) is 0 Å². The third kappa shape index (κ3) is 4.01. The Morgan fingerprint density at radius 3 is 2.35 bits per heavy atom. The van der Waals surface area contributed by atoms with Crippen molar-refractivity contribution in [3.05, 3.63) is 53.6 Å². The first-order chi connectivity index (χ1) is 10.9. The zero-order valence-electron chi connectivity index (χ0n) is 11.7. The maximum atomic E-state index is 11.8. The fourth-order valence-corrected chi connectivity index (χ4v) is 1.81. The van der Waals surface area contributed by atoms with Crippen molar-refractivity contribution < 1.29 is 30.0 Å². The predicted octanol–water partition coefficient (Wildman–Crippen LogP) is 2.15. The number of aromatic carboxylic acids is 1. The summed E-state index contributed by atoms with van der Waals surface area (Å²) in [7, 11) is 0. The van der Waals surface area contributed by atoms with Gasteiger partial charge in [-0.05, 0) is 42.0 Å². The molecule has 0 aromatic heterocycles. The molecular weight excluding hydrogens is 302 g/mol. The maximum Gasteiger partial charge on any atom is 0.337 e. The number of nitrogens with one attached hydrogen (secondary N) is 1. The highest BCUT2D eigenvalue weighted by Gasteiger charge is 2.12. The number of hydrogen-bond acceptors (Lipinski definition) is 5. The summed E-state index contributed by atoms with van der Waals surface area (Å²) >= 11 is 0. The van der Waals surface area contributed by atoms with Crippen LogP contribution in [0.25, 0.3) is 6.08 Å². The van der Waals surface area contributed by atoms with E-state index in [1.54, 1.807) is 0 Å². The van der Waals surface area contributed by atoms with E-state index in [0.29, 0.717) is 5.56 Å². The lowest BCUT2D eigenvalue weighted by Crippen LogP contribution is -2.11. The van der Waals surface area contributed by atoms with Crippen molar-refractivity contribution in [3.63, 3.8) is 0 Å². The summed E-state index contributed by atoms with van der Waals surface area (Å²) in [5, 5.41) is 39.3. The molecule has 7 heteroatoms. The quantitative estimate of drug-likeness (QED) is 0.334.